The third-order valence-corrected chi connectivity index (χ3v) is 2.29. The standard InChI is InChI=1S/C8H18N4/c9-7(10)4-3-6-2-1-5-8(6,11)12/h2,7H,1,3-5,9-12H2. The second kappa shape index (κ2) is 3.53. The summed E-state index contributed by atoms with van der Waals surface area (Å²) in [7, 11) is 0. The van der Waals surface area contributed by atoms with Crippen LogP contribution in [0.2, 0.25) is 0 Å². The first-order valence-corrected chi connectivity index (χ1v) is 4.31. The molecule has 0 aromatic rings. The minimum Gasteiger partial charge on any atom is -0.316 e. The number of rotatable bonds is 3. The summed E-state index contributed by atoms with van der Waals surface area (Å²) in [5.41, 5.74) is 23.0. The molecule has 0 fully saturated rings. The number of hydrogen-bond acceptors (Lipinski definition) is 4. The first-order valence-electron chi connectivity index (χ1n) is 4.31. The lowest BCUT2D eigenvalue weighted by Gasteiger charge is -2.22. The van der Waals surface area contributed by atoms with Crippen molar-refractivity contribution in [2.24, 2.45) is 22.9 Å². The molecule has 0 atom stereocenters. The topological polar surface area (TPSA) is 104 Å². The van der Waals surface area contributed by atoms with Crippen molar-refractivity contribution in [3.8, 4) is 0 Å². The quantitative estimate of drug-likeness (QED) is 0.333. The van der Waals surface area contributed by atoms with E-state index >= 15 is 0 Å². The van der Waals surface area contributed by atoms with Crippen LogP contribution in [-0.2, 0) is 0 Å². The van der Waals surface area contributed by atoms with Gasteiger partial charge in [0.15, 0.2) is 0 Å². The van der Waals surface area contributed by atoms with Crippen LogP contribution in [0.5, 0.6) is 0 Å². The van der Waals surface area contributed by atoms with E-state index in [1.54, 1.807) is 0 Å². The smallest absolute Gasteiger partial charge is 0.0861 e. The molecule has 0 unspecified atom stereocenters. The first kappa shape index (κ1) is 9.67. The average Bonchev–Trinajstić information content (AvgIpc) is 2.25. The molecule has 12 heavy (non-hydrogen) atoms. The van der Waals surface area contributed by atoms with Gasteiger partial charge in [-0.3, -0.25) is 0 Å². The van der Waals surface area contributed by atoms with Gasteiger partial charge < -0.3 is 22.9 Å². The monoisotopic (exact) mass is 170 g/mol. The Hall–Kier alpha value is -0.420. The Kier molecular flexibility index (Phi) is 2.85. The van der Waals surface area contributed by atoms with E-state index < -0.39 is 5.66 Å². The third-order valence-electron chi connectivity index (χ3n) is 2.29. The highest BCUT2D eigenvalue weighted by molar-refractivity contribution is 5.22. The Bertz CT molecular complexity index is 183. The van der Waals surface area contributed by atoms with Gasteiger partial charge >= 0.3 is 0 Å². The summed E-state index contributed by atoms with van der Waals surface area (Å²) in [4.78, 5) is 0. The van der Waals surface area contributed by atoms with Crippen molar-refractivity contribution in [1.29, 1.82) is 0 Å². The summed E-state index contributed by atoms with van der Waals surface area (Å²) in [6, 6.07) is 0. The zero-order chi connectivity index (χ0) is 9.19. The van der Waals surface area contributed by atoms with E-state index in [4.69, 9.17) is 22.9 Å². The van der Waals surface area contributed by atoms with Gasteiger partial charge in [0.25, 0.3) is 0 Å². The molecule has 0 spiro atoms. The van der Waals surface area contributed by atoms with E-state index in [2.05, 4.69) is 6.08 Å². The molecular weight excluding hydrogens is 152 g/mol. The molecular formula is C8H18N4. The minimum atomic E-state index is -0.602. The van der Waals surface area contributed by atoms with Gasteiger partial charge in [-0.15, -0.1) is 0 Å². The zero-order valence-corrected chi connectivity index (χ0v) is 7.29. The molecule has 4 nitrogen and oxygen atoms in total. The molecule has 8 N–H and O–H groups in total. The van der Waals surface area contributed by atoms with Gasteiger partial charge in [-0.25, -0.2) is 0 Å². The molecule has 0 radical (unpaired) electrons. The minimum absolute atomic E-state index is 0.262. The fourth-order valence-corrected chi connectivity index (χ4v) is 1.49. The largest absolute Gasteiger partial charge is 0.316 e. The van der Waals surface area contributed by atoms with Gasteiger partial charge in [0.1, 0.15) is 0 Å². The van der Waals surface area contributed by atoms with E-state index in [9.17, 15) is 0 Å². The van der Waals surface area contributed by atoms with Gasteiger partial charge in [0.2, 0.25) is 0 Å². The molecule has 0 aliphatic heterocycles. The molecule has 0 saturated heterocycles. The zero-order valence-electron chi connectivity index (χ0n) is 7.29. The number of hydrogen-bond donors (Lipinski definition) is 4. The van der Waals surface area contributed by atoms with Gasteiger partial charge in [0, 0.05) is 0 Å². The Labute approximate surface area is 73.0 Å². The molecule has 0 aromatic heterocycles. The molecule has 1 aliphatic rings. The van der Waals surface area contributed by atoms with E-state index in [1.165, 1.54) is 0 Å². The van der Waals surface area contributed by atoms with Crippen molar-refractivity contribution in [2.75, 3.05) is 0 Å². The van der Waals surface area contributed by atoms with Crippen LogP contribution >= 0.6 is 0 Å². The van der Waals surface area contributed by atoms with Crippen molar-refractivity contribution in [3.05, 3.63) is 11.6 Å². The maximum absolute atomic E-state index is 5.84. The highest BCUT2D eigenvalue weighted by Gasteiger charge is 2.27. The Morgan fingerprint density at radius 1 is 1.42 bits per heavy atom. The highest BCUT2D eigenvalue weighted by atomic mass is 15.0. The normalized spacial score (nSPS) is 21.6. The van der Waals surface area contributed by atoms with Crippen molar-refractivity contribution >= 4 is 0 Å². The summed E-state index contributed by atoms with van der Waals surface area (Å²) in [6.45, 7) is 0. The molecule has 0 bridgehead atoms. The van der Waals surface area contributed by atoms with Crippen LogP contribution < -0.4 is 22.9 Å². The summed E-state index contributed by atoms with van der Waals surface area (Å²) >= 11 is 0. The highest BCUT2D eigenvalue weighted by Crippen LogP contribution is 2.26. The predicted octanol–water partition coefficient (Wildman–Crippen LogP) is -0.656. The average molecular weight is 170 g/mol. The second-order valence-electron chi connectivity index (χ2n) is 3.51. The van der Waals surface area contributed by atoms with Crippen LogP contribution in [0, 0.1) is 0 Å². The van der Waals surface area contributed by atoms with Crippen LogP contribution in [0.3, 0.4) is 0 Å². The summed E-state index contributed by atoms with van der Waals surface area (Å²) in [5, 5.41) is 0. The fourth-order valence-electron chi connectivity index (χ4n) is 1.49. The molecule has 70 valence electrons. The number of nitrogens with two attached hydrogens (primary N) is 4. The van der Waals surface area contributed by atoms with E-state index in [-0.39, 0.29) is 6.17 Å². The van der Waals surface area contributed by atoms with Crippen LogP contribution in [0.15, 0.2) is 11.6 Å². The van der Waals surface area contributed by atoms with Gasteiger partial charge in [0.05, 0.1) is 11.8 Å². The molecule has 1 rings (SSSR count). The van der Waals surface area contributed by atoms with Crippen LogP contribution in [0.1, 0.15) is 25.7 Å². The Morgan fingerprint density at radius 2 is 2.08 bits per heavy atom. The van der Waals surface area contributed by atoms with Crippen molar-refractivity contribution in [1.82, 2.24) is 0 Å². The maximum atomic E-state index is 5.84. The second-order valence-corrected chi connectivity index (χ2v) is 3.51. The number of allylic oxidation sites excluding steroid dienone is 1. The van der Waals surface area contributed by atoms with Gasteiger partial charge in [-0.2, -0.15) is 0 Å². The van der Waals surface area contributed by atoms with E-state index in [1.807, 2.05) is 0 Å². The molecule has 0 saturated carbocycles. The fraction of sp³-hybridized carbons (Fsp3) is 0.750. The van der Waals surface area contributed by atoms with Crippen LogP contribution in [0.4, 0.5) is 0 Å². The predicted molar refractivity (Wildman–Crippen MR) is 49.8 cm³/mol. The van der Waals surface area contributed by atoms with Gasteiger partial charge in [-0.1, -0.05) is 6.08 Å². The summed E-state index contributed by atoms with van der Waals surface area (Å²) in [6.07, 6.45) is 5.22. The van der Waals surface area contributed by atoms with E-state index in [0.717, 1.165) is 31.3 Å². The lowest BCUT2D eigenvalue weighted by Crippen LogP contribution is -2.49. The Morgan fingerprint density at radius 3 is 2.50 bits per heavy atom. The molecule has 4 heteroatoms. The van der Waals surface area contributed by atoms with Crippen LogP contribution in [-0.4, -0.2) is 11.8 Å². The summed E-state index contributed by atoms with van der Waals surface area (Å²) in [5.74, 6) is 0. The molecule has 0 aromatic carbocycles. The lowest BCUT2D eigenvalue weighted by molar-refractivity contribution is 0.485. The maximum Gasteiger partial charge on any atom is 0.0861 e. The molecule has 0 heterocycles. The van der Waals surface area contributed by atoms with Crippen molar-refractivity contribution in [2.45, 2.75) is 37.5 Å². The van der Waals surface area contributed by atoms with E-state index in [0.29, 0.717) is 0 Å². The van der Waals surface area contributed by atoms with Crippen molar-refractivity contribution < 1.29 is 0 Å². The first-order chi connectivity index (χ1) is 5.52. The molecule has 1 aliphatic carbocycles. The molecule has 0 amide bonds. The SMILES string of the molecule is NC(N)CCC1=CCCC1(N)N. The van der Waals surface area contributed by atoms with Gasteiger partial charge in [-0.05, 0) is 31.3 Å². The van der Waals surface area contributed by atoms with Crippen LogP contribution in [0.25, 0.3) is 0 Å². The van der Waals surface area contributed by atoms with Crippen molar-refractivity contribution in [3.63, 3.8) is 0 Å². The lowest BCUT2D eigenvalue weighted by atomic mass is 9.99. The summed E-state index contributed by atoms with van der Waals surface area (Å²) < 4.78 is 0. The Balaban J connectivity index is 2.42. The third kappa shape index (κ3) is 2.28.